The first-order valence-electron chi connectivity index (χ1n) is 6.37. The zero-order valence-electron chi connectivity index (χ0n) is 11.8. The largest absolute Gasteiger partial charge is 0.493 e. The average molecular weight is 361 g/mol. The number of non-ortho nitro benzene ring substituents is 1. The molecular weight excluding hydrogens is 344 g/mol. The molecule has 7 nitrogen and oxygen atoms in total. The summed E-state index contributed by atoms with van der Waals surface area (Å²) in [6.45, 7) is 2.75. The van der Waals surface area contributed by atoms with Gasteiger partial charge >= 0.3 is 5.97 Å². The molecule has 0 aliphatic carbocycles. The van der Waals surface area contributed by atoms with Gasteiger partial charge in [0.2, 0.25) is 0 Å². The maximum absolute atomic E-state index is 11.5. The Kier molecular flexibility index (Phi) is 7.10. The molecule has 0 amide bonds. The number of benzene rings is 1. The third-order valence-corrected chi connectivity index (χ3v) is 3.14. The summed E-state index contributed by atoms with van der Waals surface area (Å²) in [5.41, 5.74) is -0.0597. The van der Waals surface area contributed by atoms with Crippen LogP contribution in [0.25, 0.3) is 0 Å². The van der Waals surface area contributed by atoms with Crippen molar-refractivity contribution in [2.45, 2.75) is 19.4 Å². The molecule has 0 spiro atoms. The number of esters is 1. The predicted molar refractivity (Wildman–Crippen MR) is 80.4 cm³/mol. The van der Waals surface area contributed by atoms with E-state index in [1.165, 1.54) is 19.2 Å². The first-order chi connectivity index (χ1) is 9.97. The zero-order valence-corrected chi connectivity index (χ0v) is 13.4. The molecular formula is C13H17BrN2O5. The van der Waals surface area contributed by atoms with Crippen molar-refractivity contribution in [3.05, 3.63) is 32.8 Å². The van der Waals surface area contributed by atoms with E-state index < -0.39 is 11.0 Å². The lowest BCUT2D eigenvalue weighted by Gasteiger charge is -2.15. The Labute approximate surface area is 130 Å². The second-order valence-electron chi connectivity index (χ2n) is 4.17. The first-order valence-corrected chi connectivity index (χ1v) is 7.16. The summed E-state index contributed by atoms with van der Waals surface area (Å²) in [5.74, 6) is 0.0110. The molecule has 1 unspecified atom stereocenters. The fourth-order valence-corrected chi connectivity index (χ4v) is 2.18. The fraction of sp³-hybridized carbons (Fsp3) is 0.462. The van der Waals surface area contributed by atoms with Gasteiger partial charge in [0.05, 0.1) is 24.7 Å². The van der Waals surface area contributed by atoms with Crippen LogP contribution in [-0.2, 0) is 9.53 Å². The van der Waals surface area contributed by atoms with Crippen LogP contribution in [0.5, 0.6) is 5.75 Å². The van der Waals surface area contributed by atoms with Gasteiger partial charge in [0.1, 0.15) is 11.8 Å². The smallest absolute Gasteiger partial charge is 0.322 e. The third-order valence-electron chi connectivity index (χ3n) is 2.68. The average Bonchev–Trinajstić information content (AvgIpc) is 2.45. The maximum atomic E-state index is 11.5. The summed E-state index contributed by atoms with van der Waals surface area (Å²) in [6, 6.07) is 3.91. The van der Waals surface area contributed by atoms with Gasteiger partial charge in [-0.25, -0.2) is 0 Å². The molecule has 1 N–H and O–H groups in total. The van der Waals surface area contributed by atoms with Crippen molar-refractivity contribution in [1.29, 1.82) is 0 Å². The number of carbonyl (C=O) groups excluding carboxylic acids is 1. The number of hydrogen-bond acceptors (Lipinski definition) is 6. The number of ether oxygens (including phenoxy) is 2. The van der Waals surface area contributed by atoms with Crippen LogP contribution < -0.4 is 10.1 Å². The Morgan fingerprint density at radius 1 is 1.48 bits per heavy atom. The SMILES string of the molecule is CCNC(CCOc1cc(Br)cc([N+](=O)[O-])c1)C(=O)OC. The highest BCUT2D eigenvalue weighted by Crippen LogP contribution is 2.26. The predicted octanol–water partition coefficient (Wildman–Crippen LogP) is 2.28. The van der Waals surface area contributed by atoms with Crippen LogP contribution in [0.15, 0.2) is 22.7 Å². The van der Waals surface area contributed by atoms with E-state index in [1.807, 2.05) is 6.92 Å². The van der Waals surface area contributed by atoms with Crippen LogP contribution in [0.3, 0.4) is 0 Å². The van der Waals surface area contributed by atoms with Crippen molar-refractivity contribution in [3.8, 4) is 5.75 Å². The summed E-state index contributed by atoms with van der Waals surface area (Å²) in [7, 11) is 1.32. The number of rotatable bonds is 8. The van der Waals surface area contributed by atoms with Crippen LogP contribution >= 0.6 is 15.9 Å². The molecule has 0 aliphatic rings. The van der Waals surface area contributed by atoms with Crippen LogP contribution in [0.1, 0.15) is 13.3 Å². The Hall–Kier alpha value is -1.67. The van der Waals surface area contributed by atoms with E-state index in [-0.39, 0.29) is 18.3 Å². The lowest BCUT2D eigenvalue weighted by atomic mass is 10.2. The maximum Gasteiger partial charge on any atom is 0.322 e. The molecule has 1 rings (SSSR count). The van der Waals surface area contributed by atoms with Gasteiger partial charge in [-0.1, -0.05) is 22.9 Å². The molecule has 0 saturated carbocycles. The number of nitrogens with zero attached hydrogens (tertiary/aromatic N) is 1. The Morgan fingerprint density at radius 3 is 2.76 bits per heavy atom. The van der Waals surface area contributed by atoms with E-state index in [1.54, 1.807) is 6.07 Å². The van der Waals surface area contributed by atoms with Gasteiger partial charge < -0.3 is 14.8 Å². The standard InChI is InChI=1S/C13H17BrN2O5/c1-3-15-12(13(17)20-2)4-5-21-11-7-9(14)6-10(8-11)16(18)19/h6-8,12,15H,3-5H2,1-2H3. The number of halogens is 1. The molecule has 0 heterocycles. The minimum atomic E-state index is -0.493. The highest BCUT2D eigenvalue weighted by atomic mass is 79.9. The van der Waals surface area contributed by atoms with Crippen LogP contribution in [-0.4, -0.2) is 37.2 Å². The Bertz CT molecular complexity index is 509. The molecule has 0 fully saturated rings. The van der Waals surface area contributed by atoms with Gasteiger partial charge in [-0.15, -0.1) is 0 Å². The third kappa shape index (κ3) is 5.68. The summed E-state index contributed by atoms with van der Waals surface area (Å²) < 4.78 is 10.7. The molecule has 0 radical (unpaired) electrons. The zero-order chi connectivity index (χ0) is 15.8. The van der Waals surface area contributed by atoms with E-state index in [9.17, 15) is 14.9 Å². The molecule has 0 saturated heterocycles. The molecule has 1 atom stereocenters. The lowest BCUT2D eigenvalue weighted by Crippen LogP contribution is -2.38. The molecule has 116 valence electrons. The normalized spacial score (nSPS) is 11.8. The van der Waals surface area contributed by atoms with E-state index in [0.717, 1.165) is 0 Å². The number of carbonyl (C=O) groups is 1. The molecule has 0 aromatic heterocycles. The highest BCUT2D eigenvalue weighted by Gasteiger charge is 2.18. The highest BCUT2D eigenvalue weighted by molar-refractivity contribution is 9.10. The Balaban J connectivity index is 2.62. The Morgan fingerprint density at radius 2 is 2.19 bits per heavy atom. The number of likely N-dealkylation sites (N-methyl/N-ethyl adjacent to an activating group) is 1. The van der Waals surface area contributed by atoms with Gasteiger partial charge in [-0.3, -0.25) is 14.9 Å². The molecule has 21 heavy (non-hydrogen) atoms. The summed E-state index contributed by atoms with van der Waals surface area (Å²) in [4.78, 5) is 21.8. The number of nitro benzene ring substituents is 1. The minimum absolute atomic E-state index is 0.0597. The van der Waals surface area contributed by atoms with Gasteiger partial charge in [-0.05, 0) is 12.6 Å². The first kappa shape index (κ1) is 17.4. The monoisotopic (exact) mass is 360 g/mol. The summed E-state index contributed by atoms with van der Waals surface area (Å²) >= 11 is 3.19. The van der Waals surface area contributed by atoms with Gasteiger partial charge in [0.25, 0.3) is 5.69 Å². The molecule has 0 bridgehead atoms. The molecule has 8 heteroatoms. The molecule has 1 aromatic carbocycles. The number of methoxy groups -OCH3 is 1. The van der Waals surface area contributed by atoms with Crippen molar-refractivity contribution in [2.75, 3.05) is 20.3 Å². The second kappa shape index (κ2) is 8.58. The fourth-order valence-electron chi connectivity index (χ4n) is 1.72. The van der Waals surface area contributed by atoms with E-state index in [0.29, 0.717) is 23.2 Å². The van der Waals surface area contributed by atoms with Gasteiger partial charge in [0.15, 0.2) is 0 Å². The summed E-state index contributed by atoms with van der Waals surface area (Å²) in [5, 5.41) is 13.7. The van der Waals surface area contributed by atoms with E-state index in [2.05, 4.69) is 26.0 Å². The number of nitrogens with one attached hydrogen (secondary N) is 1. The topological polar surface area (TPSA) is 90.7 Å². The minimum Gasteiger partial charge on any atom is -0.493 e. The number of hydrogen-bond donors (Lipinski definition) is 1. The molecule has 0 aliphatic heterocycles. The van der Waals surface area contributed by atoms with Gasteiger partial charge in [-0.2, -0.15) is 0 Å². The van der Waals surface area contributed by atoms with Crippen molar-refractivity contribution >= 4 is 27.6 Å². The molecule has 1 aromatic rings. The van der Waals surface area contributed by atoms with Crippen molar-refractivity contribution in [1.82, 2.24) is 5.32 Å². The van der Waals surface area contributed by atoms with Crippen LogP contribution in [0.2, 0.25) is 0 Å². The van der Waals surface area contributed by atoms with E-state index >= 15 is 0 Å². The van der Waals surface area contributed by atoms with E-state index in [4.69, 9.17) is 4.74 Å². The number of nitro groups is 1. The lowest BCUT2D eigenvalue weighted by molar-refractivity contribution is -0.385. The quantitative estimate of drug-likeness (QED) is 0.434. The second-order valence-corrected chi connectivity index (χ2v) is 5.09. The van der Waals surface area contributed by atoms with Crippen LogP contribution in [0.4, 0.5) is 5.69 Å². The van der Waals surface area contributed by atoms with Crippen molar-refractivity contribution in [3.63, 3.8) is 0 Å². The summed E-state index contributed by atoms with van der Waals surface area (Å²) in [6.07, 6.45) is 0.404. The van der Waals surface area contributed by atoms with Crippen LogP contribution in [0, 0.1) is 10.1 Å². The van der Waals surface area contributed by atoms with Crippen molar-refractivity contribution in [2.24, 2.45) is 0 Å². The van der Waals surface area contributed by atoms with Crippen molar-refractivity contribution < 1.29 is 19.2 Å². The van der Waals surface area contributed by atoms with Gasteiger partial charge in [0, 0.05) is 17.0 Å².